The number of halogens is 8. The molecule has 0 radical (unpaired) electrons. The van der Waals surface area contributed by atoms with E-state index in [1.54, 1.807) is 59.7 Å². The number of oxime groups is 1. The van der Waals surface area contributed by atoms with Crippen molar-refractivity contribution in [1.82, 2.24) is 33.6 Å². The van der Waals surface area contributed by atoms with Crippen LogP contribution in [0.5, 0.6) is 11.5 Å². The number of nitrogens with zero attached hydrogens (tertiary/aromatic N) is 8. The average Bonchev–Trinajstić information content (AvgIpc) is 3.69. The van der Waals surface area contributed by atoms with Crippen molar-refractivity contribution in [3.63, 3.8) is 0 Å². The minimum absolute atomic E-state index is 0.0932. The molecule has 3 aliphatic rings. The number of carbonyl (C=O) groups is 2. The highest BCUT2D eigenvalue weighted by atomic mass is 35.5. The molecule has 0 spiro atoms. The number of amidine groups is 1. The molecular formula is C60H48Cl2F6N8O7. The molecule has 5 aromatic carbocycles. The second kappa shape index (κ2) is 24.3. The van der Waals surface area contributed by atoms with Gasteiger partial charge in [-0.1, -0.05) is 52.6 Å². The number of hydrogen-bond acceptors (Lipinski definition) is 11. The molecule has 11 rings (SSSR count). The summed E-state index contributed by atoms with van der Waals surface area (Å²) in [6.07, 6.45) is 12.6. The summed E-state index contributed by atoms with van der Waals surface area (Å²) < 4.78 is 101. The normalized spacial score (nSPS) is 15.1. The SMILES string of the molecule is COc1cc(CC2=CC(Cl)=CN3C2=NOCCC3c2cc(F)c(F)c(F)c2)ccc1-n1cnc(C)c1.COc1cc(Cc2cc(Cl)cn(C(CCON3C(=O)c4ccccc4C3=O)c3cc(F)c(F)c(F)c3)c2=O)ccc1-n1cnc(C)c1. The van der Waals surface area contributed by atoms with Crippen LogP contribution in [0, 0.1) is 48.8 Å². The van der Waals surface area contributed by atoms with Crippen molar-refractivity contribution in [3.05, 3.63) is 246 Å². The Balaban J connectivity index is 0.000000192. The van der Waals surface area contributed by atoms with E-state index in [1.165, 1.54) is 36.1 Å². The van der Waals surface area contributed by atoms with Crippen molar-refractivity contribution in [3.8, 4) is 22.9 Å². The number of imide groups is 1. The minimum atomic E-state index is -1.67. The van der Waals surface area contributed by atoms with Crippen molar-refractivity contribution in [2.75, 3.05) is 27.4 Å². The number of methoxy groups -OCH3 is 2. The molecule has 2 unspecified atom stereocenters. The number of aryl methyl sites for hydroxylation is 2. The zero-order valence-electron chi connectivity index (χ0n) is 44.6. The highest BCUT2D eigenvalue weighted by Crippen LogP contribution is 2.37. The second-order valence-corrected chi connectivity index (χ2v) is 20.3. The van der Waals surface area contributed by atoms with Gasteiger partial charge in [0.2, 0.25) is 0 Å². The van der Waals surface area contributed by atoms with Gasteiger partial charge < -0.3 is 32.9 Å². The molecule has 15 nitrogen and oxygen atoms in total. The molecule has 0 aliphatic carbocycles. The lowest BCUT2D eigenvalue weighted by Gasteiger charge is -2.32. The first-order valence-corrected chi connectivity index (χ1v) is 26.4. The number of hydrogen-bond donors (Lipinski definition) is 0. The summed E-state index contributed by atoms with van der Waals surface area (Å²) in [7, 11) is 3.12. The van der Waals surface area contributed by atoms with Gasteiger partial charge in [0, 0.05) is 55.2 Å². The summed E-state index contributed by atoms with van der Waals surface area (Å²) in [5, 5.41) is 5.43. The number of amides is 2. The number of pyridine rings is 1. The lowest BCUT2D eigenvalue weighted by molar-refractivity contribution is -0.0936. The van der Waals surface area contributed by atoms with Gasteiger partial charge in [-0.3, -0.25) is 19.2 Å². The van der Waals surface area contributed by atoms with E-state index in [-0.39, 0.29) is 58.9 Å². The standard InChI is InChI=1S/C34H26ClF3N4O5.C26H22ClF3N4O2/c1-19-16-40(18-39-19)29-8-7-20(12-30(29)46-2)11-22-13-23(35)17-41(32(22)43)28(21-14-26(36)31(38)27(37)15-21)9-10-47-42-33(44)24-5-3-4-6-25(24)34(42)45;1-15-12-33(14-31-15)23-4-3-16(8-24(23)35-2)7-18-9-19(27)13-34-22(5-6-36-32-26(18)34)17-10-20(28)25(30)21(29)11-17/h3-8,12-18,28H,9-11H2,1-2H3;3-4,8-14,22H,5-7H2,1-2H3. The topological polar surface area (TPSA) is 148 Å². The Morgan fingerprint density at radius 2 is 1.25 bits per heavy atom. The van der Waals surface area contributed by atoms with E-state index in [4.69, 9.17) is 42.4 Å². The van der Waals surface area contributed by atoms with Gasteiger partial charge in [0.05, 0.1) is 89.5 Å². The van der Waals surface area contributed by atoms with E-state index >= 15 is 0 Å². The van der Waals surface area contributed by atoms with E-state index in [0.717, 1.165) is 58.2 Å². The predicted molar refractivity (Wildman–Crippen MR) is 295 cm³/mol. The molecule has 3 aliphatic heterocycles. The molecule has 2 atom stereocenters. The number of imidazole rings is 2. The summed E-state index contributed by atoms with van der Waals surface area (Å²) >= 11 is 12.9. The number of rotatable bonds is 15. The molecule has 0 saturated carbocycles. The van der Waals surface area contributed by atoms with Crippen LogP contribution in [0.2, 0.25) is 5.02 Å². The summed E-state index contributed by atoms with van der Waals surface area (Å²) in [5.41, 5.74) is 5.85. The van der Waals surface area contributed by atoms with Crippen LogP contribution >= 0.6 is 23.2 Å². The molecule has 426 valence electrons. The quantitative estimate of drug-likeness (QED) is 0.0552. The number of benzene rings is 5. The summed E-state index contributed by atoms with van der Waals surface area (Å²) in [4.78, 5) is 60.7. The average molecular weight is 1180 g/mol. The van der Waals surface area contributed by atoms with Gasteiger partial charge in [0.15, 0.2) is 40.7 Å². The third-order valence-corrected chi connectivity index (χ3v) is 14.3. The largest absolute Gasteiger partial charge is 0.495 e. The molecule has 83 heavy (non-hydrogen) atoms. The number of ether oxygens (including phenoxy) is 2. The van der Waals surface area contributed by atoms with Gasteiger partial charge in [-0.25, -0.2) is 36.3 Å². The number of fused-ring (bicyclic) bond motifs is 2. The fourth-order valence-electron chi connectivity index (χ4n) is 10.00. The molecule has 8 aromatic rings. The van der Waals surface area contributed by atoms with Gasteiger partial charge in [0.25, 0.3) is 17.4 Å². The lowest BCUT2D eigenvalue weighted by Crippen LogP contribution is -2.33. The first kappa shape index (κ1) is 57.3. The van der Waals surface area contributed by atoms with Crippen LogP contribution in [0.4, 0.5) is 26.3 Å². The Hall–Kier alpha value is -8.92. The second-order valence-electron chi connectivity index (χ2n) is 19.4. The molecule has 0 bridgehead atoms. The van der Waals surface area contributed by atoms with Crippen molar-refractivity contribution >= 4 is 40.9 Å². The van der Waals surface area contributed by atoms with Gasteiger partial charge >= 0.3 is 0 Å². The van der Waals surface area contributed by atoms with Crippen LogP contribution in [0.25, 0.3) is 11.4 Å². The van der Waals surface area contributed by atoms with Crippen LogP contribution in [-0.2, 0) is 22.5 Å². The zero-order valence-corrected chi connectivity index (χ0v) is 46.1. The number of carbonyl (C=O) groups excluding carboxylic acids is 2. The van der Waals surface area contributed by atoms with Crippen molar-refractivity contribution < 1.29 is 55.1 Å². The fraction of sp³-hybridized carbons (Fsp3) is 0.200. The molecule has 0 fully saturated rings. The molecule has 23 heteroatoms. The maximum Gasteiger partial charge on any atom is 0.285 e. The van der Waals surface area contributed by atoms with Crippen LogP contribution < -0.4 is 15.0 Å². The Bertz CT molecular complexity index is 3930. The molecular weight excluding hydrogens is 1130 g/mol. The third kappa shape index (κ3) is 12.0. The van der Waals surface area contributed by atoms with Crippen molar-refractivity contribution in [2.45, 2.75) is 51.6 Å². The summed E-state index contributed by atoms with van der Waals surface area (Å²) in [6.45, 7) is 3.64. The molecule has 2 amide bonds. The van der Waals surface area contributed by atoms with Crippen LogP contribution in [0.1, 0.15) is 84.8 Å². The van der Waals surface area contributed by atoms with Gasteiger partial charge in [-0.15, -0.1) is 5.06 Å². The minimum Gasteiger partial charge on any atom is -0.495 e. The number of hydroxylamine groups is 2. The highest BCUT2D eigenvalue weighted by Gasteiger charge is 2.37. The molecule has 0 saturated heterocycles. The van der Waals surface area contributed by atoms with Crippen LogP contribution in [-0.4, -0.2) is 78.7 Å². The Morgan fingerprint density at radius 1 is 0.699 bits per heavy atom. The van der Waals surface area contributed by atoms with Crippen molar-refractivity contribution in [1.29, 1.82) is 0 Å². The van der Waals surface area contributed by atoms with Crippen molar-refractivity contribution in [2.24, 2.45) is 5.16 Å². The van der Waals surface area contributed by atoms with Gasteiger partial charge in [-0.2, -0.15) is 0 Å². The number of aromatic nitrogens is 5. The lowest BCUT2D eigenvalue weighted by atomic mass is 9.96. The predicted octanol–water partition coefficient (Wildman–Crippen LogP) is 12.2. The van der Waals surface area contributed by atoms with Gasteiger partial charge in [-0.05, 0) is 115 Å². The van der Waals surface area contributed by atoms with E-state index in [1.807, 2.05) is 61.1 Å². The van der Waals surface area contributed by atoms with E-state index in [2.05, 4.69) is 15.1 Å². The molecule has 3 aromatic heterocycles. The molecule has 6 heterocycles. The van der Waals surface area contributed by atoms with Crippen LogP contribution in [0.3, 0.4) is 0 Å². The Labute approximate surface area is 480 Å². The van der Waals surface area contributed by atoms with E-state index in [0.29, 0.717) is 45.8 Å². The third-order valence-electron chi connectivity index (χ3n) is 13.9. The maximum absolute atomic E-state index is 14.4. The zero-order chi connectivity index (χ0) is 58.8. The van der Waals surface area contributed by atoms with E-state index < -0.39 is 64.4 Å². The first-order chi connectivity index (χ1) is 39.9. The monoisotopic (exact) mass is 1180 g/mol. The number of allylic oxidation sites excluding steroid dienone is 2. The fourth-order valence-corrected chi connectivity index (χ4v) is 10.5. The summed E-state index contributed by atoms with van der Waals surface area (Å²) in [6, 6.07) is 20.7. The Morgan fingerprint density at radius 3 is 1.80 bits per heavy atom. The summed E-state index contributed by atoms with van der Waals surface area (Å²) in [5.74, 6) is -8.29. The van der Waals surface area contributed by atoms with Crippen LogP contribution in [0.15, 0.2) is 155 Å². The van der Waals surface area contributed by atoms with Gasteiger partial charge in [0.1, 0.15) is 18.1 Å². The Kier molecular flexibility index (Phi) is 16.8. The highest BCUT2D eigenvalue weighted by molar-refractivity contribution is 6.32. The first-order valence-electron chi connectivity index (χ1n) is 25.6. The smallest absolute Gasteiger partial charge is 0.285 e. The van der Waals surface area contributed by atoms with E-state index in [9.17, 15) is 40.7 Å². The molecule has 0 N–H and O–H groups in total. The maximum atomic E-state index is 14.4.